The zero-order valence-corrected chi connectivity index (χ0v) is 12.3. The quantitative estimate of drug-likeness (QED) is 0.884. The van der Waals surface area contributed by atoms with Crippen molar-refractivity contribution in [1.29, 1.82) is 0 Å². The van der Waals surface area contributed by atoms with Crippen LogP contribution in [0.1, 0.15) is 42.2 Å². The second-order valence-corrected chi connectivity index (χ2v) is 5.42. The van der Waals surface area contributed by atoms with Crippen molar-refractivity contribution in [1.82, 2.24) is 5.32 Å². The van der Waals surface area contributed by atoms with Crippen LogP contribution in [-0.4, -0.2) is 11.7 Å². The fraction of sp³-hybridized carbons (Fsp3) is 0.333. The van der Waals surface area contributed by atoms with Gasteiger partial charge in [0.2, 0.25) is 0 Å². The molecule has 1 aliphatic rings. The minimum Gasteiger partial charge on any atom is -0.494 e. The van der Waals surface area contributed by atoms with Gasteiger partial charge in [0.15, 0.2) is 0 Å². The van der Waals surface area contributed by atoms with Crippen LogP contribution in [0.25, 0.3) is 0 Å². The maximum atomic E-state index is 10.6. The molecule has 2 N–H and O–H groups in total. The van der Waals surface area contributed by atoms with Crippen molar-refractivity contribution in [2.75, 3.05) is 6.61 Å². The van der Waals surface area contributed by atoms with Gasteiger partial charge in [-0.1, -0.05) is 43.3 Å². The van der Waals surface area contributed by atoms with E-state index in [9.17, 15) is 5.11 Å². The van der Waals surface area contributed by atoms with Crippen molar-refractivity contribution in [3.05, 3.63) is 65.2 Å². The molecule has 21 heavy (non-hydrogen) atoms. The number of ether oxygens (including phenoxy) is 1. The summed E-state index contributed by atoms with van der Waals surface area (Å²) in [6.45, 7) is 3.62. The predicted octanol–water partition coefficient (Wildman–Crippen LogP) is 3.35. The summed E-state index contributed by atoms with van der Waals surface area (Å²) in [7, 11) is 0. The molecular formula is C18H21NO2. The van der Waals surface area contributed by atoms with Gasteiger partial charge in [-0.25, -0.2) is 0 Å². The molecule has 2 aromatic carbocycles. The zero-order valence-electron chi connectivity index (χ0n) is 12.3. The van der Waals surface area contributed by atoms with Crippen molar-refractivity contribution in [2.45, 2.75) is 32.0 Å². The number of aliphatic hydroxyl groups excluding tert-OH is 1. The molecule has 0 saturated carbocycles. The molecule has 0 aromatic heterocycles. The molecule has 0 saturated heterocycles. The van der Waals surface area contributed by atoms with Crippen LogP contribution in [0.15, 0.2) is 48.5 Å². The number of fused-ring (bicyclic) bond motifs is 1. The third-order valence-corrected chi connectivity index (χ3v) is 3.91. The molecule has 2 aromatic rings. The first-order valence-corrected chi connectivity index (χ1v) is 7.51. The van der Waals surface area contributed by atoms with Gasteiger partial charge in [0.25, 0.3) is 0 Å². The molecule has 0 aliphatic carbocycles. The number of rotatable bonds is 5. The van der Waals surface area contributed by atoms with Crippen LogP contribution in [0, 0.1) is 0 Å². The lowest BCUT2D eigenvalue weighted by Crippen LogP contribution is -2.20. The number of nitrogens with one attached hydrogen (secondary N) is 1. The molecule has 110 valence electrons. The van der Waals surface area contributed by atoms with E-state index in [1.54, 1.807) is 0 Å². The molecule has 3 heteroatoms. The van der Waals surface area contributed by atoms with E-state index in [0.717, 1.165) is 30.9 Å². The second-order valence-electron chi connectivity index (χ2n) is 5.42. The molecular weight excluding hydrogens is 262 g/mol. The predicted molar refractivity (Wildman–Crippen MR) is 83.2 cm³/mol. The number of aliphatic hydroxyl groups is 1. The van der Waals surface area contributed by atoms with Crippen LogP contribution in [-0.2, 0) is 6.54 Å². The van der Waals surface area contributed by atoms with Crippen LogP contribution in [0.3, 0.4) is 0 Å². The highest BCUT2D eigenvalue weighted by Crippen LogP contribution is 2.35. The van der Waals surface area contributed by atoms with E-state index < -0.39 is 6.10 Å². The molecule has 0 spiro atoms. The van der Waals surface area contributed by atoms with Gasteiger partial charge in [0.05, 0.1) is 18.8 Å². The zero-order chi connectivity index (χ0) is 14.7. The van der Waals surface area contributed by atoms with E-state index in [0.29, 0.717) is 0 Å². The number of hydrogen-bond acceptors (Lipinski definition) is 3. The topological polar surface area (TPSA) is 41.5 Å². The van der Waals surface area contributed by atoms with Gasteiger partial charge >= 0.3 is 0 Å². The largest absolute Gasteiger partial charge is 0.494 e. The standard InChI is InChI=1S/C18H21NO2/c1-2-11-21-15-9-7-13(8-10-15)18(20)17-16-6-4-3-5-14(16)12-19-17/h3-10,17-20H,2,11-12H2,1H3. The van der Waals surface area contributed by atoms with Crippen LogP contribution in [0.4, 0.5) is 0 Å². The summed E-state index contributed by atoms with van der Waals surface area (Å²) in [6.07, 6.45) is 0.446. The van der Waals surface area contributed by atoms with Crippen molar-refractivity contribution < 1.29 is 9.84 Å². The molecule has 1 heterocycles. The summed E-state index contributed by atoms with van der Waals surface area (Å²) >= 11 is 0. The third kappa shape index (κ3) is 2.94. The first-order valence-electron chi connectivity index (χ1n) is 7.51. The minimum atomic E-state index is -0.547. The SMILES string of the molecule is CCCOc1ccc(C(O)C2NCc3ccccc32)cc1. The van der Waals surface area contributed by atoms with Crippen molar-refractivity contribution in [3.8, 4) is 5.75 Å². The Kier molecular flexibility index (Phi) is 4.23. The van der Waals surface area contributed by atoms with Crippen LogP contribution in [0.2, 0.25) is 0 Å². The lowest BCUT2D eigenvalue weighted by atomic mass is 9.96. The van der Waals surface area contributed by atoms with Crippen molar-refractivity contribution in [3.63, 3.8) is 0 Å². The van der Waals surface area contributed by atoms with Gasteiger partial charge in [-0.2, -0.15) is 0 Å². The Bertz CT molecular complexity index is 594. The van der Waals surface area contributed by atoms with Crippen molar-refractivity contribution >= 4 is 0 Å². The Hall–Kier alpha value is -1.84. The molecule has 1 aliphatic heterocycles. The lowest BCUT2D eigenvalue weighted by Gasteiger charge is -2.20. The first-order chi connectivity index (χ1) is 10.3. The molecule has 0 bridgehead atoms. The van der Waals surface area contributed by atoms with Gasteiger partial charge in [0, 0.05) is 6.54 Å². The Labute approximate surface area is 125 Å². The average Bonchev–Trinajstić information content (AvgIpc) is 2.97. The molecule has 0 radical (unpaired) electrons. The Morgan fingerprint density at radius 3 is 2.71 bits per heavy atom. The highest BCUT2D eigenvalue weighted by molar-refractivity contribution is 5.37. The summed E-state index contributed by atoms with van der Waals surface area (Å²) in [5, 5.41) is 14.0. The molecule has 2 atom stereocenters. The Morgan fingerprint density at radius 2 is 1.95 bits per heavy atom. The summed E-state index contributed by atoms with van der Waals surface area (Å²) in [5.74, 6) is 0.854. The molecule has 3 rings (SSSR count). The molecule has 2 unspecified atom stereocenters. The average molecular weight is 283 g/mol. The third-order valence-electron chi connectivity index (χ3n) is 3.91. The normalized spacial score (nSPS) is 18.3. The molecule has 0 fully saturated rings. The first kappa shape index (κ1) is 14.1. The Morgan fingerprint density at radius 1 is 1.19 bits per heavy atom. The second kappa shape index (κ2) is 6.29. The number of hydrogen-bond donors (Lipinski definition) is 2. The molecule has 3 nitrogen and oxygen atoms in total. The highest BCUT2D eigenvalue weighted by Gasteiger charge is 2.28. The monoisotopic (exact) mass is 283 g/mol. The van der Waals surface area contributed by atoms with Gasteiger partial charge in [0.1, 0.15) is 5.75 Å². The van der Waals surface area contributed by atoms with Crippen molar-refractivity contribution in [2.24, 2.45) is 0 Å². The maximum absolute atomic E-state index is 10.6. The minimum absolute atomic E-state index is 0.0383. The van der Waals surface area contributed by atoms with E-state index in [1.165, 1.54) is 11.1 Å². The highest BCUT2D eigenvalue weighted by atomic mass is 16.5. The maximum Gasteiger partial charge on any atom is 0.119 e. The summed E-state index contributed by atoms with van der Waals surface area (Å²) < 4.78 is 5.57. The van der Waals surface area contributed by atoms with Gasteiger partial charge in [-0.15, -0.1) is 0 Å². The van der Waals surface area contributed by atoms with Gasteiger partial charge in [-0.05, 0) is 35.2 Å². The van der Waals surface area contributed by atoms with Crippen LogP contribution >= 0.6 is 0 Å². The fourth-order valence-corrected chi connectivity index (χ4v) is 2.78. The van der Waals surface area contributed by atoms with E-state index in [1.807, 2.05) is 36.4 Å². The number of benzene rings is 2. The van der Waals surface area contributed by atoms with E-state index in [4.69, 9.17) is 4.74 Å². The Balaban J connectivity index is 1.75. The van der Waals surface area contributed by atoms with E-state index in [2.05, 4.69) is 24.4 Å². The fourth-order valence-electron chi connectivity index (χ4n) is 2.78. The smallest absolute Gasteiger partial charge is 0.119 e. The van der Waals surface area contributed by atoms with Crippen LogP contribution < -0.4 is 10.1 Å². The summed E-state index contributed by atoms with van der Waals surface area (Å²) in [6, 6.07) is 15.9. The summed E-state index contributed by atoms with van der Waals surface area (Å²) in [5.41, 5.74) is 3.37. The van der Waals surface area contributed by atoms with Gasteiger partial charge in [-0.3, -0.25) is 0 Å². The molecule has 0 amide bonds. The van der Waals surface area contributed by atoms with E-state index >= 15 is 0 Å². The van der Waals surface area contributed by atoms with E-state index in [-0.39, 0.29) is 6.04 Å². The summed E-state index contributed by atoms with van der Waals surface area (Å²) in [4.78, 5) is 0. The lowest BCUT2D eigenvalue weighted by molar-refractivity contribution is 0.133. The van der Waals surface area contributed by atoms with Crippen LogP contribution in [0.5, 0.6) is 5.75 Å². The van der Waals surface area contributed by atoms with Gasteiger partial charge < -0.3 is 15.2 Å².